The Balaban J connectivity index is 1.33. The second kappa shape index (κ2) is 6.33. The van der Waals surface area contributed by atoms with Crippen LogP contribution in [0.1, 0.15) is 39.1 Å². The molecule has 0 unspecified atom stereocenters. The van der Waals surface area contributed by atoms with Gasteiger partial charge in [-0.2, -0.15) is 0 Å². The Morgan fingerprint density at radius 1 is 1.16 bits per heavy atom. The summed E-state index contributed by atoms with van der Waals surface area (Å²) in [4.78, 5) is 30.4. The Morgan fingerprint density at radius 2 is 1.88 bits per heavy atom. The Labute approximate surface area is 151 Å². The van der Waals surface area contributed by atoms with Crippen LogP contribution in [-0.2, 0) is 4.79 Å². The molecule has 0 aromatic carbocycles. The maximum Gasteiger partial charge on any atom is 0.257 e. The lowest BCUT2D eigenvalue weighted by Crippen LogP contribution is -2.51. The fourth-order valence-corrected chi connectivity index (χ4v) is 4.57. The van der Waals surface area contributed by atoms with E-state index in [0.717, 1.165) is 12.2 Å². The molecule has 3 heterocycles. The van der Waals surface area contributed by atoms with Crippen molar-refractivity contribution in [3.8, 4) is 0 Å². The van der Waals surface area contributed by atoms with Gasteiger partial charge in [0.05, 0.1) is 5.56 Å². The van der Waals surface area contributed by atoms with Gasteiger partial charge in [-0.25, -0.2) is 0 Å². The maximum absolute atomic E-state index is 12.7. The van der Waals surface area contributed by atoms with Gasteiger partial charge >= 0.3 is 0 Å². The first-order valence-corrected chi connectivity index (χ1v) is 9.61. The normalized spacial score (nSPS) is 23.0. The molecule has 1 saturated carbocycles. The minimum Gasteiger partial charge on any atom is -0.466 e. The molecule has 4 rings (SSSR count). The summed E-state index contributed by atoms with van der Waals surface area (Å²) in [6, 6.07) is 5.96. The lowest BCUT2D eigenvalue weighted by molar-refractivity contribution is -0.134. The zero-order valence-corrected chi connectivity index (χ0v) is 15.3. The van der Waals surface area contributed by atoms with Crippen LogP contribution < -0.4 is 0 Å². The van der Waals surface area contributed by atoms with Crippen LogP contribution in [0.2, 0.25) is 0 Å². The van der Waals surface area contributed by atoms with Crippen molar-refractivity contribution in [1.82, 2.24) is 9.80 Å². The van der Waals surface area contributed by atoms with Gasteiger partial charge in [-0.15, -0.1) is 11.3 Å². The molecule has 5 nitrogen and oxygen atoms in total. The highest BCUT2D eigenvalue weighted by Crippen LogP contribution is 2.50. The molecule has 1 aliphatic carbocycles. The molecule has 0 spiro atoms. The summed E-state index contributed by atoms with van der Waals surface area (Å²) in [5.41, 5.74) is 0.636. The van der Waals surface area contributed by atoms with Crippen molar-refractivity contribution in [1.29, 1.82) is 0 Å². The van der Waals surface area contributed by atoms with Crippen LogP contribution in [0.15, 0.2) is 28.0 Å². The van der Waals surface area contributed by atoms with Crippen LogP contribution >= 0.6 is 11.3 Å². The van der Waals surface area contributed by atoms with Gasteiger partial charge in [-0.1, -0.05) is 6.07 Å². The van der Waals surface area contributed by atoms with E-state index >= 15 is 0 Å². The molecule has 1 aliphatic heterocycles. The lowest BCUT2D eigenvalue weighted by atomic mass is 10.2. The van der Waals surface area contributed by atoms with Gasteiger partial charge < -0.3 is 14.2 Å². The summed E-state index contributed by atoms with van der Waals surface area (Å²) in [7, 11) is 0. The SMILES string of the molecule is Cc1cc(C(=O)N2CCN(C(=O)[C@H]3C[C@H]3c3cccs3)CC2)c(C)o1. The molecule has 25 heavy (non-hydrogen) atoms. The summed E-state index contributed by atoms with van der Waals surface area (Å²) in [6.45, 7) is 6.08. The van der Waals surface area contributed by atoms with Gasteiger partial charge in [-0.05, 0) is 37.8 Å². The largest absolute Gasteiger partial charge is 0.466 e. The van der Waals surface area contributed by atoms with E-state index < -0.39 is 0 Å². The van der Waals surface area contributed by atoms with Crippen molar-refractivity contribution in [2.45, 2.75) is 26.2 Å². The molecule has 2 aromatic rings. The molecule has 2 amide bonds. The average molecular weight is 358 g/mol. The molecule has 0 N–H and O–H groups in total. The van der Waals surface area contributed by atoms with E-state index in [1.165, 1.54) is 4.88 Å². The fourth-order valence-electron chi connectivity index (χ4n) is 3.66. The number of carbonyl (C=O) groups is 2. The molecule has 2 aliphatic rings. The second-order valence-electron chi connectivity index (χ2n) is 6.91. The third-order valence-corrected chi connectivity index (χ3v) is 6.17. The first-order chi connectivity index (χ1) is 12.0. The summed E-state index contributed by atoms with van der Waals surface area (Å²) < 4.78 is 5.46. The molecular weight excluding hydrogens is 336 g/mol. The van der Waals surface area contributed by atoms with Crippen molar-refractivity contribution in [3.05, 3.63) is 45.5 Å². The highest BCUT2D eigenvalue weighted by Gasteiger charge is 2.46. The number of nitrogens with zero attached hydrogens (tertiary/aromatic N) is 2. The number of carbonyl (C=O) groups excluding carboxylic acids is 2. The first kappa shape index (κ1) is 16.4. The predicted octanol–water partition coefficient (Wildman–Crippen LogP) is 3.05. The van der Waals surface area contributed by atoms with Crippen LogP contribution in [0, 0.1) is 19.8 Å². The summed E-state index contributed by atoms with van der Waals surface area (Å²) in [5, 5.41) is 2.07. The number of furan rings is 1. The molecule has 132 valence electrons. The van der Waals surface area contributed by atoms with E-state index in [0.29, 0.717) is 43.4 Å². The van der Waals surface area contributed by atoms with Gasteiger partial charge in [-0.3, -0.25) is 9.59 Å². The molecule has 0 radical (unpaired) electrons. The Bertz CT molecular complexity index is 788. The van der Waals surface area contributed by atoms with Crippen molar-refractivity contribution in [2.75, 3.05) is 26.2 Å². The number of hydrogen-bond donors (Lipinski definition) is 0. The third kappa shape index (κ3) is 3.11. The molecule has 1 saturated heterocycles. The van der Waals surface area contributed by atoms with Crippen LogP contribution in [0.5, 0.6) is 0 Å². The number of rotatable bonds is 3. The van der Waals surface area contributed by atoms with E-state index in [-0.39, 0.29) is 17.7 Å². The van der Waals surface area contributed by atoms with E-state index in [4.69, 9.17) is 4.42 Å². The van der Waals surface area contributed by atoms with E-state index in [1.54, 1.807) is 17.4 Å². The van der Waals surface area contributed by atoms with Gasteiger partial charge in [0.15, 0.2) is 0 Å². The van der Waals surface area contributed by atoms with Gasteiger partial charge in [0.25, 0.3) is 5.91 Å². The van der Waals surface area contributed by atoms with Crippen LogP contribution in [-0.4, -0.2) is 47.8 Å². The second-order valence-corrected chi connectivity index (χ2v) is 7.89. The van der Waals surface area contributed by atoms with Gasteiger partial charge in [0, 0.05) is 42.9 Å². The van der Waals surface area contributed by atoms with E-state index in [9.17, 15) is 9.59 Å². The van der Waals surface area contributed by atoms with E-state index in [2.05, 4.69) is 11.4 Å². The zero-order chi connectivity index (χ0) is 17.6. The number of hydrogen-bond acceptors (Lipinski definition) is 4. The standard InChI is InChI=1S/C19H22N2O3S/c1-12-10-14(13(2)24-12)18(22)20-5-7-21(8-6-20)19(23)16-11-15(16)17-4-3-9-25-17/h3-4,9-10,15-16H,5-8,11H2,1-2H3/t15-,16+/m1/s1. The number of aryl methyl sites for hydroxylation is 2. The Hall–Kier alpha value is -2.08. The lowest BCUT2D eigenvalue weighted by Gasteiger charge is -2.35. The van der Waals surface area contributed by atoms with Crippen LogP contribution in [0.25, 0.3) is 0 Å². The Kier molecular flexibility index (Phi) is 4.15. The van der Waals surface area contributed by atoms with Crippen molar-refractivity contribution < 1.29 is 14.0 Å². The van der Waals surface area contributed by atoms with Gasteiger partial charge in [0.1, 0.15) is 11.5 Å². The van der Waals surface area contributed by atoms with Crippen LogP contribution in [0.3, 0.4) is 0 Å². The molecule has 2 atom stereocenters. The number of amides is 2. The maximum atomic E-state index is 12.7. The molecule has 2 aromatic heterocycles. The molecular formula is C19H22N2O3S. The smallest absolute Gasteiger partial charge is 0.257 e. The average Bonchev–Trinajstić information content (AvgIpc) is 3.06. The minimum atomic E-state index is 0.00401. The summed E-state index contributed by atoms with van der Waals surface area (Å²) in [6.07, 6.45) is 0.964. The van der Waals surface area contributed by atoms with Crippen LogP contribution in [0.4, 0.5) is 0 Å². The van der Waals surface area contributed by atoms with Crippen molar-refractivity contribution in [3.63, 3.8) is 0 Å². The zero-order valence-electron chi connectivity index (χ0n) is 14.5. The third-order valence-electron chi connectivity index (χ3n) is 5.17. The first-order valence-electron chi connectivity index (χ1n) is 8.73. The monoisotopic (exact) mass is 358 g/mol. The summed E-state index contributed by atoms with van der Waals surface area (Å²) >= 11 is 1.73. The predicted molar refractivity (Wildman–Crippen MR) is 95.8 cm³/mol. The molecule has 2 fully saturated rings. The van der Waals surface area contributed by atoms with Gasteiger partial charge in [0.2, 0.25) is 5.91 Å². The fraction of sp³-hybridized carbons (Fsp3) is 0.474. The summed E-state index contributed by atoms with van der Waals surface area (Å²) in [5.74, 6) is 2.22. The number of piperazine rings is 1. The Morgan fingerprint density at radius 3 is 2.48 bits per heavy atom. The highest BCUT2D eigenvalue weighted by atomic mass is 32.1. The minimum absolute atomic E-state index is 0.00401. The van der Waals surface area contributed by atoms with Crippen molar-refractivity contribution >= 4 is 23.2 Å². The molecule has 0 bridgehead atoms. The number of thiophene rings is 1. The van der Waals surface area contributed by atoms with E-state index in [1.807, 2.05) is 29.7 Å². The van der Waals surface area contributed by atoms with Crippen molar-refractivity contribution in [2.24, 2.45) is 5.92 Å². The highest BCUT2D eigenvalue weighted by molar-refractivity contribution is 7.10. The quantitative estimate of drug-likeness (QED) is 0.847. The molecule has 6 heteroatoms. The topological polar surface area (TPSA) is 53.8 Å².